The molecule has 0 aliphatic rings. The van der Waals surface area contributed by atoms with E-state index in [1.165, 1.54) is 6.07 Å². The van der Waals surface area contributed by atoms with E-state index >= 15 is 0 Å². The molecule has 0 fully saturated rings. The van der Waals surface area contributed by atoms with Crippen molar-refractivity contribution in [2.45, 2.75) is 31.7 Å². The standard InChI is InChI=1S/C17H20ClN3O3S/c1-11(2)19-17(22)20-14-6-8-15(9-7-14)21-25(23,24)16-10-13(18)5-4-12(16)3/h4-11,21H,1-3H3,(H2,19,20,22). The van der Waals surface area contributed by atoms with Crippen LogP contribution < -0.4 is 15.4 Å². The van der Waals surface area contributed by atoms with Crippen LogP contribution in [0.2, 0.25) is 5.02 Å². The molecule has 0 aliphatic carbocycles. The van der Waals surface area contributed by atoms with Crippen LogP contribution in [-0.2, 0) is 10.0 Å². The van der Waals surface area contributed by atoms with Crippen LogP contribution in [0.1, 0.15) is 19.4 Å². The lowest BCUT2D eigenvalue weighted by Gasteiger charge is -2.12. The first-order valence-electron chi connectivity index (χ1n) is 7.64. The molecule has 25 heavy (non-hydrogen) atoms. The number of hydrogen-bond acceptors (Lipinski definition) is 3. The average Bonchev–Trinajstić information content (AvgIpc) is 2.50. The van der Waals surface area contributed by atoms with Crippen molar-refractivity contribution in [1.82, 2.24) is 5.32 Å². The van der Waals surface area contributed by atoms with Crippen molar-refractivity contribution in [2.75, 3.05) is 10.0 Å². The normalized spacial score (nSPS) is 11.2. The van der Waals surface area contributed by atoms with Gasteiger partial charge in [0.15, 0.2) is 0 Å². The van der Waals surface area contributed by atoms with E-state index < -0.39 is 10.0 Å². The Balaban J connectivity index is 2.12. The Kier molecular flexibility index (Phi) is 5.92. The van der Waals surface area contributed by atoms with Crippen LogP contribution in [0.5, 0.6) is 0 Å². The number of amides is 2. The zero-order valence-corrected chi connectivity index (χ0v) is 15.7. The number of nitrogens with one attached hydrogen (secondary N) is 3. The minimum Gasteiger partial charge on any atom is -0.336 e. The molecule has 0 unspecified atom stereocenters. The van der Waals surface area contributed by atoms with Crippen molar-refractivity contribution < 1.29 is 13.2 Å². The zero-order chi connectivity index (χ0) is 18.6. The summed E-state index contributed by atoms with van der Waals surface area (Å²) in [5.74, 6) is 0. The summed E-state index contributed by atoms with van der Waals surface area (Å²) in [5.41, 5.74) is 1.54. The summed E-state index contributed by atoms with van der Waals surface area (Å²) in [4.78, 5) is 11.8. The fourth-order valence-electron chi connectivity index (χ4n) is 2.12. The van der Waals surface area contributed by atoms with Crippen LogP contribution in [0, 0.1) is 6.92 Å². The fourth-order valence-corrected chi connectivity index (χ4v) is 3.69. The molecule has 0 aliphatic heterocycles. The van der Waals surface area contributed by atoms with Gasteiger partial charge >= 0.3 is 6.03 Å². The Morgan fingerprint density at radius 3 is 2.24 bits per heavy atom. The highest BCUT2D eigenvalue weighted by Gasteiger charge is 2.17. The molecule has 3 N–H and O–H groups in total. The van der Waals surface area contributed by atoms with E-state index in [1.807, 2.05) is 13.8 Å². The van der Waals surface area contributed by atoms with Crippen molar-refractivity contribution in [3.8, 4) is 0 Å². The fraction of sp³-hybridized carbons (Fsp3) is 0.235. The SMILES string of the molecule is Cc1ccc(Cl)cc1S(=O)(=O)Nc1ccc(NC(=O)NC(C)C)cc1. The predicted molar refractivity (Wildman–Crippen MR) is 101 cm³/mol. The van der Waals surface area contributed by atoms with E-state index in [-0.39, 0.29) is 17.0 Å². The molecule has 0 saturated carbocycles. The van der Waals surface area contributed by atoms with E-state index in [0.29, 0.717) is 22.0 Å². The number of rotatable bonds is 5. The van der Waals surface area contributed by atoms with Gasteiger partial charge in [-0.05, 0) is 62.7 Å². The highest BCUT2D eigenvalue weighted by Crippen LogP contribution is 2.23. The smallest absolute Gasteiger partial charge is 0.319 e. The van der Waals surface area contributed by atoms with Gasteiger partial charge in [0, 0.05) is 22.4 Å². The number of urea groups is 1. The third kappa shape index (κ3) is 5.37. The molecule has 8 heteroatoms. The minimum atomic E-state index is -3.75. The van der Waals surface area contributed by atoms with Crippen LogP contribution in [-0.4, -0.2) is 20.5 Å². The molecular formula is C17H20ClN3O3S. The van der Waals surface area contributed by atoms with Gasteiger partial charge in [0.1, 0.15) is 0 Å². The summed E-state index contributed by atoms with van der Waals surface area (Å²) in [6.07, 6.45) is 0. The Hall–Kier alpha value is -2.25. The van der Waals surface area contributed by atoms with Crippen molar-refractivity contribution in [3.05, 3.63) is 53.1 Å². The summed E-state index contributed by atoms with van der Waals surface area (Å²) in [6, 6.07) is 10.8. The van der Waals surface area contributed by atoms with E-state index in [9.17, 15) is 13.2 Å². The first kappa shape index (κ1) is 19.1. The maximum Gasteiger partial charge on any atom is 0.319 e. The third-order valence-corrected chi connectivity index (χ3v) is 5.01. The van der Waals surface area contributed by atoms with Gasteiger partial charge in [-0.1, -0.05) is 17.7 Å². The number of carbonyl (C=O) groups excluding carboxylic acids is 1. The molecule has 6 nitrogen and oxygen atoms in total. The molecule has 0 radical (unpaired) electrons. The molecule has 2 aromatic carbocycles. The third-order valence-electron chi connectivity index (χ3n) is 3.25. The van der Waals surface area contributed by atoms with Gasteiger partial charge in [0.05, 0.1) is 4.90 Å². The molecule has 0 heterocycles. The minimum absolute atomic E-state index is 0.0204. The van der Waals surface area contributed by atoms with Gasteiger partial charge in [0.2, 0.25) is 0 Å². The first-order valence-corrected chi connectivity index (χ1v) is 9.50. The second kappa shape index (κ2) is 7.76. The second-order valence-corrected chi connectivity index (χ2v) is 7.93. The second-order valence-electron chi connectivity index (χ2n) is 5.85. The van der Waals surface area contributed by atoms with Gasteiger partial charge in [-0.3, -0.25) is 4.72 Å². The van der Waals surface area contributed by atoms with Crippen LogP contribution >= 0.6 is 11.6 Å². The molecule has 134 valence electrons. The summed E-state index contributed by atoms with van der Waals surface area (Å²) >= 11 is 5.89. The van der Waals surface area contributed by atoms with Gasteiger partial charge in [0.25, 0.3) is 10.0 Å². The molecule has 2 aromatic rings. The summed E-state index contributed by atoms with van der Waals surface area (Å²) in [7, 11) is -3.75. The lowest BCUT2D eigenvalue weighted by atomic mass is 10.2. The molecule has 0 spiro atoms. The van der Waals surface area contributed by atoms with Crippen LogP contribution in [0.3, 0.4) is 0 Å². The zero-order valence-electron chi connectivity index (χ0n) is 14.1. The average molecular weight is 382 g/mol. The molecule has 0 aromatic heterocycles. The van der Waals surface area contributed by atoms with Gasteiger partial charge in [-0.25, -0.2) is 13.2 Å². The Labute approximate surface area is 152 Å². The summed E-state index contributed by atoms with van der Waals surface area (Å²) in [6.45, 7) is 5.41. The maximum absolute atomic E-state index is 12.5. The topological polar surface area (TPSA) is 87.3 Å². The molecule has 0 saturated heterocycles. The van der Waals surface area contributed by atoms with Gasteiger partial charge in [-0.2, -0.15) is 0 Å². The maximum atomic E-state index is 12.5. The van der Waals surface area contributed by atoms with E-state index in [1.54, 1.807) is 43.3 Å². The Morgan fingerprint density at radius 2 is 1.64 bits per heavy atom. The molecule has 2 rings (SSSR count). The highest BCUT2D eigenvalue weighted by atomic mass is 35.5. The van der Waals surface area contributed by atoms with Gasteiger partial charge in [-0.15, -0.1) is 0 Å². The number of sulfonamides is 1. The largest absolute Gasteiger partial charge is 0.336 e. The summed E-state index contributed by atoms with van der Waals surface area (Å²) in [5, 5.41) is 5.72. The van der Waals surface area contributed by atoms with E-state index in [0.717, 1.165) is 0 Å². The number of hydrogen-bond donors (Lipinski definition) is 3. The number of benzene rings is 2. The van der Waals surface area contributed by atoms with Crippen LogP contribution in [0.25, 0.3) is 0 Å². The number of anilines is 2. The van der Waals surface area contributed by atoms with Crippen LogP contribution in [0.4, 0.5) is 16.2 Å². The quantitative estimate of drug-likeness (QED) is 0.732. The first-order chi connectivity index (χ1) is 11.7. The Morgan fingerprint density at radius 1 is 1.04 bits per heavy atom. The Bertz CT molecular complexity index is 865. The molecule has 2 amide bonds. The van der Waals surface area contributed by atoms with Gasteiger partial charge < -0.3 is 10.6 Å². The number of halogens is 1. The van der Waals surface area contributed by atoms with Crippen molar-refractivity contribution >= 4 is 39.0 Å². The van der Waals surface area contributed by atoms with Crippen molar-refractivity contribution in [3.63, 3.8) is 0 Å². The summed E-state index contributed by atoms with van der Waals surface area (Å²) < 4.78 is 27.5. The molecular weight excluding hydrogens is 362 g/mol. The highest BCUT2D eigenvalue weighted by molar-refractivity contribution is 7.92. The lowest BCUT2D eigenvalue weighted by molar-refractivity contribution is 0.250. The van der Waals surface area contributed by atoms with E-state index in [2.05, 4.69) is 15.4 Å². The lowest BCUT2D eigenvalue weighted by Crippen LogP contribution is -2.34. The van der Waals surface area contributed by atoms with Crippen molar-refractivity contribution in [2.24, 2.45) is 0 Å². The number of aryl methyl sites for hydroxylation is 1. The number of carbonyl (C=O) groups is 1. The van der Waals surface area contributed by atoms with E-state index in [4.69, 9.17) is 11.6 Å². The molecule has 0 bridgehead atoms. The van der Waals surface area contributed by atoms with Crippen LogP contribution in [0.15, 0.2) is 47.4 Å². The predicted octanol–water partition coefficient (Wildman–Crippen LogP) is 3.98. The monoisotopic (exact) mass is 381 g/mol. The molecule has 0 atom stereocenters. The van der Waals surface area contributed by atoms with Crippen molar-refractivity contribution in [1.29, 1.82) is 0 Å².